The van der Waals surface area contributed by atoms with Gasteiger partial charge in [-0.25, -0.2) is 0 Å². The molecule has 102 valence electrons. The number of hydrogen-bond donors (Lipinski definition) is 2. The first-order valence-electron chi connectivity index (χ1n) is 6.50. The Kier molecular flexibility index (Phi) is 9.86. The van der Waals surface area contributed by atoms with Crippen LogP contribution in [0.1, 0.15) is 46.0 Å². The summed E-state index contributed by atoms with van der Waals surface area (Å²) in [7, 11) is 0. The molecule has 5 heteroatoms. The van der Waals surface area contributed by atoms with Crippen molar-refractivity contribution in [3.8, 4) is 0 Å². The van der Waals surface area contributed by atoms with Crippen LogP contribution in [0.4, 0.5) is 0 Å². The average molecular weight is 477 g/mol. The molecule has 0 bridgehead atoms. The molecule has 1 saturated heterocycles. The molecule has 2 amide bonds. The van der Waals surface area contributed by atoms with Gasteiger partial charge in [0.05, 0.1) is 0 Å². The predicted molar refractivity (Wildman–Crippen MR) is 67.2 cm³/mol. The smallest absolute Gasteiger partial charge is 0.217 e. The van der Waals surface area contributed by atoms with E-state index in [4.69, 9.17) is 0 Å². The molecule has 0 aliphatic carbocycles. The van der Waals surface area contributed by atoms with Crippen molar-refractivity contribution in [3.05, 3.63) is 6.42 Å². The molecule has 0 radical (unpaired) electrons. The van der Waals surface area contributed by atoms with Crippen molar-refractivity contribution in [2.75, 3.05) is 6.54 Å². The van der Waals surface area contributed by atoms with E-state index in [2.05, 4.69) is 10.6 Å². The number of hydrogen-bond acceptors (Lipinski definition) is 2. The zero-order valence-corrected chi connectivity index (χ0v) is 15.5. The van der Waals surface area contributed by atoms with Crippen LogP contribution < -0.4 is 10.6 Å². The molecule has 0 aromatic rings. The van der Waals surface area contributed by atoms with Gasteiger partial charge in [0.1, 0.15) is 0 Å². The first-order chi connectivity index (χ1) is 8.09. The van der Waals surface area contributed by atoms with Crippen LogP contribution >= 0.6 is 0 Å². The quantitative estimate of drug-likeness (QED) is 0.519. The maximum absolute atomic E-state index is 11.8. The molecule has 0 aromatic heterocycles. The van der Waals surface area contributed by atoms with Gasteiger partial charge < -0.3 is 17.1 Å². The van der Waals surface area contributed by atoms with Crippen molar-refractivity contribution in [1.29, 1.82) is 0 Å². The molecular weight excluding hydrogens is 454 g/mol. The van der Waals surface area contributed by atoms with Gasteiger partial charge in [-0.2, -0.15) is 6.42 Å². The normalized spacial score (nSPS) is 27.7. The Balaban J connectivity index is 0.00000289. The van der Waals surface area contributed by atoms with Crippen LogP contribution in [0.25, 0.3) is 0 Å². The maximum Gasteiger partial charge on any atom is 0.217 e. The molecule has 1 aliphatic heterocycles. The molecule has 18 heavy (non-hydrogen) atoms. The Labute approximate surface area is 133 Å². The van der Waals surface area contributed by atoms with Crippen LogP contribution in [0.5, 0.6) is 0 Å². The summed E-state index contributed by atoms with van der Waals surface area (Å²) < 4.78 is 0. The molecule has 1 aliphatic rings. The summed E-state index contributed by atoms with van der Waals surface area (Å²) in [6.07, 6.45) is 6.03. The van der Waals surface area contributed by atoms with Crippen LogP contribution in [-0.2, 0) is 9.59 Å². The summed E-state index contributed by atoms with van der Waals surface area (Å²) in [5.74, 6) is 0.0318. The van der Waals surface area contributed by atoms with Gasteiger partial charge in [-0.05, 0) is 32.6 Å². The molecule has 1 fully saturated rings. The molecule has 2 N–H and O–H groups in total. The number of nitrogens with one attached hydrogen (secondary N) is 2. The number of rotatable bonds is 0. The van der Waals surface area contributed by atoms with Crippen molar-refractivity contribution in [1.82, 2.24) is 10.6 Å². The van der Waals surface area contributed by atoms with Crippen molar-refractivity contribution < 1.29 is 40.7 Å². The molecule has 2 atom stereocenters. The van der Waals surface area contributed by atoms with E-state index < -0.39 is 0 Å². The predicted octanol–water partition coefficient (Wildman–Crippen LogP) is 1.41. The molecule has 0 saturated carbocycles. The fourth-order valence-electron chi connectivity index (χ4n) is 1.91. The van der Waals surface area contributed by atoms with Crippen molar-refractivity contribution >= 4 is 11.8 Å². The first kappa shape index (κ1) is 18.0. The van der Waals surface area contributed by atoms with Crippen molar-refractivity contribution in [2.45, 2.75) is 52.0 Å². The number of carbonyl (C=O) groups is 2. The molecular formula is C13H23N2O2U-. The van der Waals surface area contributed by atoms with E-state index in [1.54, 1.807) is 0 Å². The van der Waals surface area contributed by atoms with Crippen LogP contribution in [0.2, 0.25) is 0 Å². The standard InChI is InChI=1S/C13H23N2O2.U/c1-10-6-5-8-12(16)14-9-4-3-7-11(2)15-13(10)17;/h6,10-11H,3-5,7-9H2,1-2H3,(H,14,16)(H,15,17);/q-1;. The van der Waals surface area contributed by atoms with Gasteiger partial charge in [0.15, 0.2) is 5.91 Å². The summed E-state index contributed by atoms with van der Waals surface area (Å²) in [4.78, 5) is 23.2. The van der Waals surface area contributed by atoms with Crippen molar-refractivity contribution in [2.24, 2.45) is 5.92 Å². The SMILES string of the molecule is CC1CCCCNC(=O)CC[CH-]C(C)C(=O)N1.[U]. The van der Waals surface area contributed by atoms with Crippen LogP contribution in [0.15, 0.2) is 0 Å². The van der Waals surface area contributed by atoms with E-state index in [-0.39, 0.29) is 54.9 Å². The zero-order chi connectivity index (χ0) is 12.7. The van der Waals surface area contributed by atoms with Gasteiger partial charge >= 0.3 is 0 Å². The minimum Gasteiger partial charge on any atom is -0.356 e. The van der Waals surface area contributed by atoms with E-state index in [1.165, 1.54) is 0 Å². The molecule has 1 rings (SSSR count). The monoisotopic (exact) mass is 477 g/mol. The summed E-state index contributed by atoms with van der Waals surface area (Å²) in [5, 5.41) is 5.90. The van der Waals surface area contributed by atoms with E-state index in [0.29, 0.717) is 12.8 Å². The Morgan fingerprint density at radius 2 is 1.94 bits per heavy atom. The second-order valence-electron chi connectivity index (χ2n) is 4.82. The maximum atomic E-state index is 11.8. The van der Waals surface area contributed by atoms with Gasteiger partial charge in [-0.3, -0.25) is 9.59 Å². The van der Waals surface area contributed by atoms with Gasteiger partial charge in [0.2, 0.25) is 5.91 Å². The minimum atomic E-state index is -0.119. The fraction of sp³-hybridized carbons (Fsp3) is 0.769. The zero-order valence-electron chi connectivity index (χ0n) is 11.3. The fourth-order valence-corrected chi connectivity index (χ4v) is 1.91. The summed E-state index contributed by atoms with van der Waals surface area (Å²) in [5.41, 5.74) is 0. The first-order valence-corrected chi connectivity index (χ1v) is 6.50. The number of carbonyl (C=O) groups excluding carboxylic acids is 2. The largest absolute Gasteiger partial charge is 0.356 e. The topological polar surface area (TPSA) is 58.2 Å². The van der Waals surface area contributed by atoms with Crippen molar-refractivity contribution in [3.63, 3.8) is 0 Å². The Morgan fingerprint density at radius 3 is 2.67 bits per heavy atom. The summed E-state index contributed by atoms with van der Waals surface area (Å²) >= 11 is 0. The second kappa shape index (κ2) is 9.86. The van der Waals surface area contributed by atoms with Gasteiger partial charge in [-0.1, -0.05) is 12.8 Å². The van der Waals surface area contributed by atoms with Gasteiger partial charge in [0, 0.05) is 43.7 Å². The van der Waals surface area contributed by atoms with E-state index >= 15 is 0 Å². The number of amides is 2. The molecule has 1 heterocycles. The van der Waals surface area contributed by atoms with Crippen LogP contribution in [0, 0.1) is 43.5 Å². The molecule has 0 spiro atoms. The van der Waals surface area contributed by atoms with Crippen LogP contribution in [0.3, 0.4) is 0 Å². The Morgan fingerprint density at radius 1 is 1.22 bits per heavy atom. The Bertz CT molecular complexity index is 272. The molecule has 0 aromatic carbocycles. The van der Waals surface area contributed by atoms with E-state index in [1.807, 2.05) is 20.3 Å². The minimum absolute atomic E-state index is 0. The third-order valence-electron chi connectivity index (χ3n) is 3.08. The molecule has 2 unspecified atom stereocenters. The third kappa shape index (κ3) is 7.43. The van der Waals surface area contributed by atoms with Gasteiger partial charge in [0.25, 0.3) is 0 Å². The second-order valence-corrected chi connectivity index (χ2v) is 4.82. The van der Waals surface area contributed by atoms with E-state index in [0.717, 1.165) is 25.8 Å². The molecule has 4 nitrogen and oxygen atoms in total. The Hall–Kier alpha value is -0.00805. The van der Waals surface area contributed by atoms with Gasteiger partial charge in [-0.15, -0.1) is 0 Å². The summed E-state index contributed by atoms with van der Waals surface area (Å²) in [6, 6.07) is 0.217. The average Bonchev–Trinajstić information content (AvgIpc) is 2.28. The van der Waals surface area contributed by atoms with E-state index in [9.17, 15) is 9.59 Å². The third-order valence-corrected chi connectivity index (χ3v) is 3.08. The summed E-state index contributed by atoms with van der Waals surface area (Å²) in [6.45, 7) is 4.65. The van der Waals surface area contributed by atoms with Crippen LogP contribution in [-0.4, -0.2) is 24.4 Å².